The molecule has 0 unspecified atom stereocenters. The number of amides is 1. The lowest BCUT2D eigenvalue weighted by Crippen LogP contribution is -2.12. The van der Waals surface area contributed by atoms with Crippen LogP contribution in [0.1, 0.15) is 17.5 Å². The third-order valence-electron chi connectivity index (χ3n) is 2.93. The van der Waals surface area contributed by atoms with Crippen LogP contribution < -0.4 is 5.32 Å². The number of thioether (sulfide) groups is 1. The lowest BCUT2D eigenvalue weighted by Gasteiger charge is -2.06. The molecule has 0 atom stereocenters. The second-order valence-corrected chi connectivity index (χ2v) is 5.85. The molecule has 0 radical (unpaired) electrons. The molecule has 0 saturated carbocycles. The molecule has 1 N–H and O–H groups in total. The molecular formula is C18H17NOS. The normalized spacial score (nSPS) is 9.90. The first kappa shape index (κ1) is 15.2. The minimum atomic E-state index is 0.00350. The van der Waals surface area contributed by atoms with Crippen molar-refractivity contribution < 1.29 is 4.79 Å². The SMILES string of the molecule is C#Cc1cccc(NC(=O)CCSc2ccc(C)cc2)c1. The van der Waals surface area contributed by atoms with Gasteiger partial charge < -0.3 is 5.32 Å². The zero-order valence-electron chi connectivity index (χ0n) is 11.9. The maximum Gasteiger partial charge on any atom is 0.225 e. The van der Waals surface area contributed by atoms with Crippen LogP contribution in [-0.4, -0.2) is 11.7 Å². The summed E-state index contributed by atoms with van der Waals surface area (Å²) in [5.41, 5.74) is 2.75. The summed E-state index contributed by atoms with van der Waals surface area (Å²) in [6.07, 6.45) is 5.81. The molecule has 2 rings (SSSR count). The molecule has 0 heterocycles. The smallest absolute Gasteiger partial charge is 0.225 e. The van der Waals surface area contributed by atoms with Crippen LogP contribution in [0.2, 0.25) is 0 Å². The van der Waals surface area contributed by atoms with Crippen molar-refractivity contribution in [2.24, 2.45) is 0 Å². The molecule has 0 aliphatic rings. The Balaban J connectivity index is 1.79. The van der Waals surface area contributed by atoms with E-state index in [0.717, 1.165) is 17.0 Å². The minimum absolute atomic E-state index is 0.00350. The fourth-order valence-corrected chi connectivity index (χ4v) is 2.66. The van der Waals surface area contributed by atoms with Gasteiger partial charge in [0.15, 0.2) is 0 Å². The van der Waals surface area contributed by atoms with Crippen LogP contribution in [0, 0.1) is 19.3 Å². The Kier molecular flexibility index (Phi) is 5.48. The number of nitrogens with one attached hydrogen (secondary N) is 1. The van der Waals surface area contributed by atoms with Gasteiger partial charge in [0.25, 0.3) is 0 Å². The summed E-state index contributed by atoms with van der Waals surface area (Å²) in [5, 5.41) is 2.86. The van der Waals surface area contributed by atoms with Crippen LogP contribution in [0.5, 0.6) is 0 Å². The van der Waals surface area contributed by atoms with Gasteiger partial charge in [0.2, 0.25) is 5.91 Å². The Bertz CT molecular complexity index is 656. The van der Waals surface area contributed by atoms with Gasteiger partial charge in [0.1, 0.15) is 0 Å². The first-order valence-corrected chi connectivity index (χ1v) is 7.72. The maximum absolute atomic E-state index is 11.9. The van der Waals surface area contributed by atoms with Crippen LogP contribution in [-0.2, 0) is 4.79 Å². The summed E-state index contributed by atoms with van der Waals surface area (Å²) in [6.45, 7) is 2.06. The van der Waals surface area contributed by atoms with Gasteiger partial charge in [-0.1, -0.05) is 29.7 Å². The van der Waals surface area contributed by atoms with Crippen molar-refractivity contribution in [1.82, 2.24) is 0 Å². The van der Waals surface area contributed by atoms with E-state index in [9.17, 15) is 4.79 Å². The molecule has 0 aromatic heterocycles. The number of aryl methyl sites for hydroxylation is 1. The topological polar surface area (TPSA) is 29.1 Å². The molecule has 2 nitrogen and oxygen atoms in total. The van der Waals surface area contributed by atoms with E-state index in [0.29, 0.717) is 6.42 Å². The van der Waals surface area contributed by atoms with E-state index >= 15 is 0 Å². The van der Waals surface area contributed by atoms with Crippen LogP contribution in [0.4, 0.5) is 5.69 Å². The number of carbonyl (C=O) groups excluding carboxylic acids is 1. The van der Waals surface area contributed by atoms with E-state index in [1.54, 1.807) is 17.8 Å². The van der Waals surface area contributed by atoms with Crippen molar-refractivity contribution in [3.05, 3.63) is 59.7 Å². The molecule has 0 saturated heterocycles. The van der Waals surface area contributed by atoms with Crippen molar-refractivity contribution in [2.45, 2.75) is 18.2 Å². The lowest BCUT2D eigenvalue weighted by atomic mass is 10.2. The average molecular weight is 295 g/mol. The zero-order chi connectivity index (χ0) is 15.1. The minimum Gasteiger partial charge on any atom is -0.326 e. The molecule has 0 fully saturated rings. The Hall–Kier alpha value is -2.18. The van der Waals surface area contributed by atoms with Gasteiger partial charge >= 0.3 is 0 Å². The highest BCUT2D eigenvalue weighted by Gasteiger charge is 2.03. The highest BCUT2D eigenvalue weighted by atomic mass is 32.2. The van der Waals surface area contributed by atoms with E-state index in [1.165, 1.54) is 10.5 Å². The monoisotopic (exact) mass is 295 g/mol. The Morgan fingerprint density at radius 1 is 1.24 bits per heavy atom. The Labute approximate surface area is 130 Å². The summed E-state index contributed by atoms with van der Waals surface area (Å²) in [6, 6.07) is 15.6. The standard InChI is InChI=1S/C18H17NOS/c1-3-15-5-4-6-16(13-15)19-18(20)11-12-21-17-9-7-14(2)8-10-17/h1,4-10,13H,11-12H2,2H3,(H,19,20). The molecule has 0 aliphatic carbocycles. The van der Waals surface area contributed by atoms with E-state index < -0.39 is 0 Å². The second-order valence-electron chi connectivity index (χ2n) is 4.68. The number of hydrogen-bond donors (Lipinski definition) is 1. The van der Waals surface area contributed by atoms with Gasteiger partial charge in [0.05, 0.1) is 0 Å². The lowest BCUT2D eigenvalue weighted by molar-refractivity contribution is -0.115. The molecule has 3 heteroatoms. The van der Waals surface area contributed by atoms with Crippen molar-refractivity contribution >= 4 is 23.4 Å². The number of terminal acetylenes is 1. The Morgan fingerprint density at radius 3 is 2.71 bits per heavy atom. The van der Waals surface area contributed by atoms with Crippen molar-refractivity contribution in [3.8, 4) is 12.3 Å². The number of rotatable bonds is 5. The highest BCUT2D eigenvalue weighted by Crippen LogP contribution is 2.19. The van der Waals surface area contributed by atoms with E-state index in [4.69, 9.17) is 6.42 Å². The average Bonchev–Trinajstić information content (AvgIpc) is 2.49. The van der Waals surface area contributed by atoms with Gasteiger partial charge in [-0.3, -0.25) is 4.79 Å². The van der Waals surface area contributed by atoms with Crippen molar-refractivity contribution in [1.29, 1.82) is 0 Å². The van der Waals surface area contributed by atoms with Crippen LogP contribution >= 0.6 is 11.8 Å². The third-order valence-corrected chi connectivity index (χ3v) is 3.95. The van der Waals surface area contributed by atoms with Crippen LogP contribution in [0.25, 0.3) is 0 Å². The first-order chi connectivity index (χ1) is 10.2. The third kappa shape index (κ3) is 5.02. The van der Waals surface area contributed by atoms with Crippen LogP contribution in [0.15, 0.2) is 53.4 Å². The molecule has 0 spiro atoms. The number of hydrogen-bond acceptors (Lipinski definition) is 2. The zero-order valence-corrected chi connectivity index (χ0v) is 12.7. The van der Waals surface area contributed by atoms with E-state index in [-0.39, 0.29) is 5.91 Å². The van der Waals surface area contributed by atoms with Gasteiger partial charge in [-0.05, 0) is 37.3 Å². The molecule has 2 aromatic carbocycles. The number of carbonyl (C=O) groups is 1. The summed E-state index contributed by atoms with van der Waals surface area (Å²) < 4.78 is 0. The maximum atomic E-state index is 11.9. The van der Waals surface area contributed by atoms with Crippen molar-refractivity contribution in [3.63, 3.8) is 0 Å². The van der Waals surface area contributed by atoms with Gasteiger partial charge in [-0.25, -0.2) is 0 Å². The molecule has 2 aromatic rings. The summed E-state index contributed by atoms with van der Waals surface area (Å²) in [4.78, 5) is 13.1. The first-order valence-electron chi connectivity index (χ1n) is 6.73. The highest BCUT2D eigenvalue weighted by molar-refractivity contribution is 7.99. The molecule has 0 bridgehead atoms. The molecular weight excluding hydrogens is 278 g/mol. The Morgan fingerprint density at radius 2 is 2.00 bits per heavy atom. The number of benzene rings is 2. The van der Waals surface area contributed by atoms with Gasteiger partial charge in [-0.2, -0.15) is 0 Å². The summed E-state index contributed by atoms with van der Waals surface area (Å²) in [7, 11) is 0. The second kappa shape index (κ2) is 7.56. The van der Waals surface area contributed by atoms with Crippen LogP contribution in [0.3, 0.4) is 0 Å². The fourth-order valence-electron chi connectivity index (χ4n) is 1.81. The van der Waals surface area contributed by atoms with Crippen molar-refractivity contribution in [2.75, 3.05) is 11.1 Å². The molecule has 1 amide bonds. The summed E-state index contributed by atoms with van der Waals surface area (Å²) in [5.74, 6) is 3.31. The van der Waals surface area contributed by atoms with E-state index in [1.807, 2.05) is 18.2 Å². The molecule has 21 heavy (non-hydrogen) atoms. The fraction of sp³-hybridized carbons (Fsp3) is 0.167. The molecule has 106 valence electrons. The predicted octanol–water partition coefficient (Wildman–Crippen LogP) is 4.10. The predicted molar refractivity (Wildman–Crippen MR) is 89.5 cm³/mol. The largest absolute Gasteiger partial charge is 0.326 e. The van der Waals surface area contributed by atoms with E-state index in [2.05, 4.69) is 42.4 Å². The summed E-state index contributed by atoms with van der Waals surface area (Å²) >= 11 is 1.68. The number of anilines is 1. The van der Waals surface area contributed by atoms with Gasteiger partial charge in [0, 0.05) is 28.3 Å². The quantitative estimate of drug-likeness (QED) is 0.664. The van der Waals surface area contributed by atoms with Gasteiger partial charge in [-0.15, -0.1) is 18.2 Å². The molecule has 0 aliphatic heterocycles.